The standard InChI is InChI=1S/C54H36N4/c1-3-15-34(16-4-1)52-55-53(35-17-5-2-6-18-35)57-54(56-52)37-19-13-20-38(31-37)58-49-28-12-11-25-43(49)48-33-47-36(32-50(48)58)29-30-46-42-24-10-8-22-40(42)39-21-7-9-23-41(39)44-26-14-27-45(47)51(44)46/h1-28,31-33,46H,29-30H2. The summed E-state index contributed by atoms with van der Waals surface area (Å²) < 4.78 is 2.43. The molecule has 10 aromatic rings. The van der Waals surface area contributed by atoms with E-state index in [9.17, 15) is 0 Å². The number of aryl methyl sites for hydroxylation is 1. The van der Waals surface area contributed by atoms with Gasteiger partial charge in [0, 0.05) is 39.1 Å². The highest BCUT2D eigenvalue weighted by molar-refractivity contribution is 6.11. The zero-order valence-corrected chi connectivity index (χ0v) is 31.7. The maximum atomic E-state index is 5.07. The molecule has 0 saturated heterocycles. The Hall–Kier alpha value is -7.43. The predicted octanol–water partition coefficient (Wildman–Crippen LogP) is 13.4. The largest absolute Gasteiger partial charge is 0.309 e. The molecular formula is C54H36N4. The summed E-state index contributed by atoms with van der Waals surface area (Å²) in [7, 11) is 0. The first-order chi connectivity index (χ1) is 28.8. The van der Waals surface area contributed by atoms with Crippen molar-refractivity contribution in [3.05, 3.63) is 205 Å². The smallest absolute Gasteiger partial charge is 0.164 e. The molecule has 2 heterocycles. The molecule has 12 rings (SSSR count). The Kier molecular flexibility index (Phi) is 7.39. The van der Waals surface area contributed by atoms with Crippen LogP contribution in [0.2, 0.25) is 0 Å². The van der Waals surface area contributed by atoms with Crippen molar-refractivity contribution in [3.8, 4) is 73.2 Å². The molecule has 2 aliphatic carbocycles. The van der Waals surface area contributed by atoms with Gasteiger partial charge in [0.25, 0.3) is 0 Å². The van der Waals surface area contributed by atoms with Crippen LogP contribution in [-0.2, 0) is 6.42 Å². The van der Waals surface area contributed by atoms with Crippen molar-refractivity contribution in [3.63, 3.8) is 0 Å². The Morgan fingerprint density at radius 1 is 0.397 bits per heavy atom. The van der Waals surface area contributed by atoms with Gasteiger partial charge in [-0.1, -0.05) is 158 Å². The van der Waals surface area contributed by atoms with Gasteiger partial charge in [-0.3, -0.25) is 0 Å². The Morgan fingerprint density at radius 2 is 0.948 bits per heavy atom. The second kappa shape index (κ2) is 13.1. The van der Waals surface area contributed by atoms with Crippen LogP contribution in [-0.4, -0.2) is 19.5 Å². The molecule has 4 heteroatoms. The summed E-state index contributed by atoms with van der Waals surface area (Å²) in [5.74, 6) is 2.24. The summed E-state index contributed by atoms with van der Waals surface area (Å²) in [6.45, 7) is 0. The van der Waals surface area contributed by atoms with Crippen molar-refractivity contribution in [1.29, 1.82) is 0 Å². The minimum Gasteiger partial charge on any atom is -0.309 e. The molecule has 0 saturated carbocycles. The van der Waals surface area contributed by atoms with E-state index in [1.165, 1.54) is 71.9 Å². The van der Waals surface area contributed by atoms with Crippen LogP contribution in [0.5, 0.6) is 0 Å². The molecule has 2 aliphatic rings. The minimum atomic E-state index is 0.291. The average molecular weight is 741 g/mol. The SMILES string of the molecule is c1ccc(-c2nc(-c3ccccc3)nc(-c3cccc(-n4c5ccccc5c5cc6c(cc54)CCC4c5ccccc5-c5ccccc5-c5cccc-6c54)c3)n2)cc1. The van der Waals surface area contributed by atoms with Gasteiger partial charge < -0.3 is 4.57 Å². The van der Waals surface area contributed by atoms with Crippen LogP contribution in [0.25, 0.3) is 95.0 Å². The maximum absolute atomic E-state index is 5.07. The number of aromatic nitrogens is 4. The van der Waals surface area contributed by atoms with Gasteiger partial charge in [-0.15, -0.1) is 0 Å². The molecule has 1 unspecified atom stereocenters. The van der Waals surface area contributed by atoms with Crippen LogP contribution in [0.15, 0.2) is 188 Å². The molecule has 4 nitrogen and oxygen atoms in total. The van der Waals surface area contributed by atoms with E-state index < -0.39 is 0 Å². The van der Waals surface area contributed by atoms with Crippen LogP contribution >= 0.6 is 0 Å². The molecule has 8 aromatic carbocycles. The number of nitrogens with zero attached hydrogens (tertiary/aromatic N) is 4. The van der Waals surface area contributed by atoms with Gasteiger partial charge in [0.1, 0.15) is 0 Å². The normalized spacial score (nSPS) is 13.9. The van der Waals surface area contributed by atoms with E-state index in [0.29, 0.717) is 23.4 Å². The summed E-state index contributed by atoms with van der Waals surface area (Å²) in [6, 6.07) is 67.8. The predicted molar refractivity (Wildman–Crippen MR) is 237 cm³/mol. The lowest BCUT2D eigenvalue weighted by atomic mass is 9.82. The lowest BCUT2D eigenvalue weighted by Gasteiger charge is -2.21. The fourth-order valence-electron chi connectivity index (χ4n) is 9.68. The van der Waals surface area contributed by atoms with Gasteiger partial charge in [-0.05, 0) is 93.2 Å². The quantitative estimate of drug-likeness (QED) is 0.180. The molecule has 0 fully saturated rings. The van der Waals surface area contributed by atoms with Crippen molar-refractivity contribution < 1.29 is 0 Å². The molecule has 0 N–H and O–H groups in total. The second-order valence-corrected chi connectivity index (χ2v) is 15.5. The van der Waals surface area contributed by atoms with E-state index in [2.05, 4.69) is 156 Å². The van der Waals surface area contributed by atoms with Crippen LogP contribution in [0.3, 0.4) is 0 Å². The Morgan fingerprint density at radius 3 is 1.69 bits per heavy atom. The maximum Gasteiger partial charge on any atom is 0.164 e. The van der Waals surface area contributed by atoms with Crippen molar-refractivity contribution in [2.75, 3.05) is 0 Å². The fraction of sp³-hybridized carbons (Fsp3) is 0.0556. The summed E-state index contributed by atoms with van der Waals surface area (Å²) in [5.41, 5.74) is 18.6. The van der Waals surface area contributed by atoms with E-state index in [1.54, 1.807) is 0 Å². The third-order valence-corrected chi connectivity index (χ3v) is 12.3. The Balaban J connectivity index is 1.05. The monoisotopic (exact) mass is 740 g/mol. The zero-order valence-electron chi connectivity index (χ0n) is 31.7. The first-order valence-electron chi connectivity index (χ1n) is 20.1. The van der Waals surface area contributed by atoms with Crippen molar-refractivity contribution >= 4 is 21.8 Å². The van der Waals surface area contributed by atoms with E-state index in [-0.39, 0.29) is 0 Å². The van der Waals surface area contributed by atoms with Crippen LogP contribution in [0, 0.1) is 0 Å². The van der Waals surface area contributed by atoms with E-state index in [0.717, 1.165) is 35.2 Å². The second-order valence-electron chi connectivity index (χ2n) is 15.5. The first kappa shape index (κ1) is 32.8. The number of fused-ring (bicyclic) bond motifs is 10. The molecule has 0 spiro atoms. The Labute approximate surface area is 336 Å². The molecule has 0 bridgehead atoms. The lowest BCUT2D eigenvalue weighted by molar-refractivity contribution is 0.730. The lowest BCUT2D eigenvalue weighted by Crippen LogP contribution is -2.03. The van der Waals surface area contributed by atoms with Crippen molar-refractivity contribution in [2.45, 2.75) is 18.8 Å². The molecular weight excluding hydrogens is 705 g/mol. The Bertz CT molecular complexity index is 3180. The summed E-state index contributed by atoms with van der Waals surface area (Å²) in [4.78, 5) is 15.1. The third kappa shape index (κ3) is 5.12. The van der Waals surface area contributed by atoms with Gasteiger partial charge in [0.2, 0.25) is 0 Å². The number of hydrogen-bond donors (Lipinski definition) is 0. The number of hydrogen-bond acceptors (Lipinski definition) is 3. The van der Waals surface area contributed by atoms with Gasteiger partial charge in [0.15, 0.2) is 17.5 Å². The van der Waals surface area contributed by atoms with E-state index in [1.807, 2.05) is 36.4 Å². The minimum absolute atomic E-state index is 0.291. The molecule has 272 valence electrons. The van der Waals surface area contributed by atoms with Crippen LogP contribution in [0.4, 0.5) is 0 Å². The van der Waals surface area contributed by atoms with Gasteiger partial charge in [-0.25, -0.2) is 15.0 Å². The zero-order chi connectivity index (χ0) is 38.2. The average Bonchev–Trinajstić information content (AvgIpc) is 3.44. The van der Waals surface area contributed by atoms with Crippen LogP contribution in [0.1, 0.15) is 29.0 Å². The highest BCUT2D eigenvalue weighted by Crippen LogP contribution is 2.53. The van der Waals surface area contributed by atoms with Crippen molar-refractivity contribution in [2.24, 2.45) is 0 Å². The molecule has 0 amide bonds. The van der Waals surface area contributed by atoms with Gasteiger partial charge in [0.05, 0.1) is 11.0 Å². The number of benzene rings is 8. The summed E-state index contributed by atoms with van der Waals surface area (Å²) in [6.07, 6.45) is 2.02. The number of rotatable bonds is 4. The van der Waals surface area contributed by atoms with Crippen LogP contribution < -0.4 is 0 Å². The topological polar surface area (TPSA) is 43.6 Å². The van der Waals surface area contributed by atoms with Gasteiger partial charge >= 0.3 is 0 Å². The highest BCUT2D eigenvalue weighted by atomic mass is 15.0. The summed E-state index contributed by atoms with van der Waals surface area (Å²) >= 11 is 0. The first-order valence-corrected chi connectivity index (χ1v) is 20.1. The summed E-state index contributed by atoms with van der Waals surface area (Å²) in [5, 5.41) is 2.49. The van der Waals surface area contributed by atoms with E-state index >= 15 is 0 Å². The van der Waals surface area contributed by atoms with Crippen molar-refractivity contribution in [1.82, 2.24) is 19.5 Å². The third-order valence-electron chi connectivity index (χ3n) is 12.3. The molecule has 0 aliphatic heterocycles. The highest BCUT2D eigenvalue weighted by Gasteiger charge is 2.32. The molecule has 2 aromatic heterocycles. The number of para-hydroxylation sites is 1. The van der Waals surface area contributed by atoms with Gasteiger partial charge in [-0.2, -0.15) is 0 Å². The fourth-order valence-corrected chi connectivity index (χ4v) is 9.68. The van der Waals surface area contributed by atoms with E-state index in [4.69, 9.17) is 15.0 Å². The molecule has 58 heavy (non-hydrogen) atoms. The molecule has 1 atom stereocenters. The molecule has 0 radical (unpaired) electrons.